The lowest BCUT2D eigenvalue weighted by Gasteiger charge is -2.29. The summed E-state index contributed by atoms with van der Waals surface area (Å²) < 4.78 is 5.17. The van der Waals surface area contributed by atoms with Crippen LogP contribution in [-0.2, 0) is 11.2 Å². The number of methoxy groups -OCH3 is 1. The first kappa shape index (κ1) is 23.3. The van der Waals surface area contributed by atoms with E-state index in [1.54, 1.807) is 12.7 Å². The lowest BCUT2D eigenvalue weighted by molar-refractivity contribution is 0.189. The highest BCUT2D eigenvalue weighted by atomic mass is 16.5. The molecule has 1 heteroatoms. The highest BCUT2D eigenvalue weighted by Crippen LogP contribution is 2.37. The van der Waals surface area contributed by atoms with E-state index in [-0.39, 0.29) is 0 Å². The summed E-state index contributed by atoms with van der Waals surface area (Å²) in [5.74, 6) is 2.52. The van der Waals surface area contributed by atoms with Crippen LogP contribution < -0.4 is 0 Å². The zero-order valence-electron chi connectivity index (χ0n) is 19.6. The van der Waals surface area contributed by atoms with Crippen LogP contribution in [0.3, 0.4) is 0 Å². The lowest BCUT2D eigenvalue weighted by atomic mass is 9.77. The standard InChI is InChI=1S/C29H44O/c1-3-4-5-7-24-15-19-28(20-16-24)29-21-17-27(18-22-29)14-13-26-11-9-25(10-12-26)8-6-23-30-2/h9,11-12,17-18,21-22,24-25,28H,3-8,10,13-16,19-20,23H2,1-2H3. The van der Waals surface area contributed by atoms with Gasteiger partial charge in [0.25, 0.3) is 0 Å². The Kier molecular flexibility index (Phi) is 10.2. The molecule has 1 aromatic carbocycles. The maximum absolute atomic E-state index is 5.17. The number of hydrogen-bond donors (Lipinski definition) is 0. The Morgan fingerprint density at radius 1 is 0.900 bits per heavy atom. The summed E-state index contributed by atoms with van der Waals surface area (Å²) in [7, 11) is 1.79. The summed E-state index contributed by atoms with van der Waals surface area (Å²) in [5, 5.41) is 0. The van der Waals surface area contributed by atoms with Crippen molar-refractivity contribution in [1.82, 2.24) is 0 Å². The third kappa shape index (κ3) is 7.73. The van der Waals surface area contributed by atoms with Crippen LogP contribution in [0.25, 0.3) is 0 Å². The predicted molar refractivity (Wildman–Crippen MR) is 130 cm³/mol. The second kappa shape index (κ2) is 13.2. The minimum atomic E-state index is 0.713. The molecular weight excluding hydrogens is 364 g/mol. The van der Waals surface area contributed by atoms with Crippen LogP contribution in [0.2, 0.25) is 0 Å². The highest BCUT2D eigenvalue weighted by molar-refractivity contribution is 5.29. The Labute approximate surface area is 186 Å². The number of allylic oxidation sites excluding steroid dienone is 4. The summed E-state index contributed by atoms with van der Waals surface area (Å²) >= 11 is 0. The molecule has 0 spiro atoms. The van der Waals surface area contributed by atoms with Gasteiger partial charge in [-0.2, -0.15) is 0 Å². The van der Waals surface area contributed by atoms with E-state index in [1.807, 2.05) is 0 Å². The van der Waals surface area contributed by atoms with Gasteiger partial charge in [0.05, 0.1) is 0 Å². The smallest absolute Gasteiger partial charge is 0.0462 e. The molecule has 0 saturated heterocycles. The maximum Gasteiger partial charge on any atom is 0.0462 e. The predicted octanol–water partition coefficient (Wildman–Crippen LogP) is 8.40. The molecule has 0 bridgehead atoms. The van der Waals surface area contributed by atoms with Gasteiger partial charge in [0.2, 0.25) is 0 Å². The van der Waals surface area contributed by atoms with Gasteiger partial charge in [-0.15, -0.1) is 0 Å². The van der Waals surface area contributed by atoms with E-state index in [4.69, 9.17) is 4.74 Å². The van der Waals surface area contributed by atoms with Crippen LogP contribution in [0.4, 0.5) is 0 Å². The molecule has 2 aliphatic rings. The Hall–Kier alpha value is -1.34. The van der Waals surface area contributed by atoms with Crippen molar-refractivity contribution in [3.05, 3.63) is 59.2 Å². The van der Waals surface area contributed by atoms with E-state index in [2.05, 4.69) is 49.4 Å². The lowest BCUT2D eigenvalue weighted by Crippen LogP contribution is -2.13. The molecule has 1 atom stereocenters. The topological polar surface area (TPSA) is 9.23 Å². The van der Waals surface area contributed by atoms with E-state index in [0.29, 0.717) is 5.92 Å². The fourth-order valence-electron chi connectivity index (χ4n) is 5.31. The van der Waals surface area contributed by atoms with Crippen molar-refractivity contribution in [1.29, 1.82) is 0 Å². The fraction of sp³-hybridized carbons (Fsp3) is 0.655. The van der Waals surface area contributed by atoms with Crippen LogP contribution in [-0.4, -0.2) is 13.7 Å². The van der Waals surface area contributed by atoms with E-state index in [1.165, 1.54) is 88.2 Å². The van der Waals surface area contributed by atoms with Crippen molar-refractivity contribution in [2.24, 2.45) is 11.8 Å². The van der Waals surface area contributed by atoms with Crippen molar-refractivity contribution in [2.45, 2.75) is 96.3 Å². The van der Waals surface area contributed by atoms with Crippen LogP contribution in [0.1, 0.15) is 101 Å². The highest BCUT2D eigenvalue weighted by Gasteiger charge is 2.22. The molecule has 0 heterocycles. The first-order chi connectivity index (χ1) is 14.8. The van der Waals surface area contributed by atoms with Gasteiger partial charge in [0.1, 0.15) is 0 Å². The summed E-state index contributed by atoms with van der Waals surface area (Å²) in [4.78, 5) is 0. The maximum atomic E-state index is 5.17. The summed E-state index contributed by atoms with van der Waals surface area (Å²) in [5.41, 5.74) is 4.59. The SMILES string of the molecule is CCCCCC1CCC(c2ccc(CCC3=CCC(CCCOC)C=C3)cc2)CC1. The monoisotopic (exact) mass is 408 g/mol. The van der Waals surface area contributed by atoms with E-state index in [9.17, 15) is 0 Å². The largest absolute Gasteiger partial charge is 0.385 e. The summed E-state index contributed by atoms with van der Waals surface area (Å²) in [6.07, 6.45) is 24.6. The molecule has 166 valence electrons. The molecule has 0 aromatic heterocycles. The van der Waals surface area contributed by atoms with Gasteiger partial charge >= 0.3 is 0 Å². The number of hydrogen-bond acceptors (Lipinski definition) is 1. The van der Waals surface area contributed by atoms with Crippen molar-refractivity contribution in [3.63, 3.8) is 0 Å². The normalized spacial score (nSPS) is 24.1. The number of ether oxygens (including phenoxy) is 1. The molecule has 0 N–H and O–H groups in total. The van der Waals surface area contributed by atoms with Gasteiger partial charge < -0.3 is 4.74 Å². The number of aryl methyl sites for hydroxylation is 1. The third-order valence-corrected chi connectivity index (χ3v) is 7.40. The van der Waals surface area contributed by atoms with Gasteiger partial charge in [-0.3, -0.25) is 0 Å². The van der Waals surface area contributed by atoms with Crippen molar-refractivity contribution < 1.29 is 4.74 Å². The van der Waals surface area contributed by atoms with Crippen LogP contribution in [0.5, 0.6) is 0 Å². The van der Waals surface area contributed by atoms with Gasteiger partial charge in [-0.05, 0) is 86.7 Å². The molecule has 0 radical (unpaired) electrons. The zero-order valence-corrected chi connectivity index (χ0v) is 19.6. The van der Waals surface area contributed by atoms with Crippen LogP contribution in [0.15, 0.2) is 48.1 Å². The molecule has 1 nitrogen and oxygen atoms in total. The zero-order chi connectivity index (χ0) is 21.0. The van der Waals surface area contributed by atoms with Gasteiger partial charge in [-0.25, -0.2) is 0 Å². The quantitative estimate of drug-likeness (QED) is 0.315. The molecule has 1 aromatic rings. The average Bonchev–Trinajstić information content (AvgIpc) is 2.80. The molecule has 30 heavy (non-hydrogen) atoms. The fourth-order valence-corrected chi connectivity index (χ4v) is 5.31. The first-order valence-corrected chi connectivity index (χ1v) is 12.7. The number of benzene rings is 1. The van der Waals surface area contributed by atoms with E-state index >= 15 is 0 Å². The molecule has 0 aliphatic heterocycles. The summed E-state index contributed by atoms with van der Waals surface area (Å²) in [6, 6.07) is 9.63. The van der Waals surface area contributed by atoms with E-state index in [0.717, 1.165) is 24.9 Å². The minimum absolute atomic E-state index is 0.713. The number of rotatable bonds is 12. The second-order valence-corrected chi connectivity index (χ2v) is 9.72. The van der Waals surface area contributed by atoms with Crippen molar-refractivity contribution >= 4 is 0 Å². The summed E-state index contributed by atoms with van der Waals surface area (Å²) in [6.45, 7) is 3.20. The van der Waals surface area contributed by atoms with Crippen LogP contribution >= 0.6 is 0 Å². The Morgan fingerprint density at radius 2 is 1.70 bits per heavy atom. The molecule has 2 aliphatic carbocycles. The molecule has 0 amide bonds. The number of unbranched alkanes of at least 4 members (excludes halogenated alkanes) is 2. The molecule has 3 rings (SSSR count). The van der Waals surface area contributed by atoms with Crippen molar-refractivity contribution in [2.75, 3.05) is 13.7 Å². The molecular formula is C29H44O. The second-order valence-electron chi connectivity index (χ2n) is 9.72. The molecule has 1 unspecified atom stereocenters. The Balaban J connectivity index is 1.37. The van der Waals surface area contributed by atoms with Crippen molar-refractivity contribution in [3.8, 4) is 0 Å². The Bertz CT molecular complexity index is 645. The van der Waals surface area contributed by atoms with Gasteiger partial charge in [-0.1, -0.05) is 80.7 Å². The van der Waals surface area contributed by atoms with E-state index < -0.39 is 0 Å². The van der Waals surface area contributed by atoms with Gasteiger partial charge in [0.15, 0.2) is 0 Å². The molecule has 1 fully saturated rings. The Morgan fingerprint density at radius 3 is 2.37 bits per heavy atom. The minimum Gasteiger partial charge on any atom is -0.385 e. The third-order valence-electron chi connectivity index (χ3n) is 7.40. The molecule has 1 saturated carbocycles. The first-order valence-electron chi connectivity index (χ1n) is 12.7. The van der Waals surface area contributed by atoms with Crippen LogP contribution in [0, 0.1) is 11.8 Å². The average molecular weight is 409 g/mol. The van der Waals surface area contributed by atoms with Gasteiger partial charge in [0, 0.05) is 13.7 Å².